The molecule has 0 unspecified atom stereocenters. The van der Waals surface area contributed by atoms with Gasteiger partial charge in [-0.2, -0.15) is 0 Å². The second-order valence-electron chi connectivity index (χ2n) is 17.1. The molecule has 0 aromatic heterocycles. The summed E-state index contributed by atoms with van der Waals surface area (Å²) in [5.74, 6) is -0.648. The van der Waals surface area contributed by atoms with Crippen LogP contribution >= 0.6 is 0 Å². The van der Waals surface area contributed by atoms with E-state index in [4.69, 9.17) is 4.74 Å². The Bertz CT molecular complexity index is 1030. The van der Waals surface area contributed by atoms with Crippen LogP contribution in [0.3, 0.4) is 0 Å². The summed E-state index contributed by atoms with van der Waals surface area (Å²) in [6.45, 7) is 14.7. The third kappa shape index (κ3) is 3.58. The zero-order chi connectivity index (χ0) is 29.0. The number of hydrogen-bond donors (Lipinski definition) is 3. The van der Waals surface area contributed by atoms with Crippen LogP contribution in [0.15, 0.2) is 0 Å². The molecule has 5 heteroatoms. The van der Waals surface area contributed by atoms with Crippen molar-refractivity contribution >= 4 is 5.97 Å². The van der Waals surface area contributed by atoms with Gasteiger partial charge in [-0.3, -0.25) is 4.79 Å². The van der Waals surface area contributed by atoms with Crippen LogP contribution in [0.2, 0.25) is 0 Å². The number of unbranched alkanes of at least 4 members (excludes halogenated alkanes) is 3. The summed E-state index contributed by atoms with van der Waals surface area (Å²) in [4.78, 5) is 12.6. The van der Waals surface area contributed by atoms with Gasteiger partial charge in [0.15, 0.2) is 5.79 Å². The summed E-state index contributed by atoms with van der Waals surface area (Å²) in [5.41, 5.74) is -0.275. The van der Waals surface area contributed by atoms with Gasteiger partial charge in [-0.15, -0.1) is 0 Å². The van der Waals surface area contributed by atoms with Gasteiger partial charge in [0.25, 0.3) is 0 Å². The first-order chi connectivity index (χ1) is 18.7. The molecule has 6 aliphatic rings. The summed E-state index contributed by atoms with van der Waals surface area (Å²) in [7, 11) is 0. The van der Waals surface area contributed by atoms with Gasteiger partial charge in [-0.25, -0.2) is 0 Å². The minimum atomic E-state index is -1.18. The molecule has 40 heavy (non-hydrogen) atoms. The van der Waals surface area contributed by atoms with Gasteiger partial charge in [0.2, 0.25) is 0 Å². The third-order valence-electron chi connectivity index (χ3n) is 15.7. The standard InChI is InChI=1S/C35H58O5/c1-7-8-9-10-12-34-19-17-31(5)25(11-13-33-22-40-35(39,23(33)2)20-24(36)27(31)33)32(34,6)18-16-29(3)14-15-30(4,28(37)38)21-26(29)34/h23-27,36,39H,7-22H2,1-6H3,(H,37,38)/t23-,24-,25+,26-,27+,29-,30-,31-,32-,33+,34+,35+/m1/s1. The van der Waals surface area contributed by atoms with Crippen LogP contribution in [0.1, 0.15) is 138 Å². The normalized spacial score (nSPS) is 57.0. The number of carboxylic acids is 1. The molecule has 0 aromatic rings. The molecule has 2 bridgehead atoms. The number of rotatable bonds is 6. The van der Waals surface area contributed by atoms with Crippen LogP contribution < -0.4 is 0 Å². The molecule has 1 aliphatic heterocycles. The number of aliphatic carboxylic acids is 1. The summed E-state index contributed by atoms with van der Waals surface area (Å²) in [6.07, 6.45) is 15.5. The monoisotopic (exact) mass is 558 g/mol. The Hall–Kier alpha value is -0.650. The fourth-order valence-electron chi connectivity index (χ4n) is 13.2. The average Bonchev–Trinajstić information content (AvgIpc) is 3.04. The molecule has 1 spiro atoms. The van der Waals surface area contributed by atoms with Crippen LogP contribution in [0.5, 0.6) is 0 Å². The number of aliphatic hydroxyl groups excluding tert-OH is 1. The predicted octanol–water partition coefficient (Wildman–Crippen LogP) is 7.57. The maximum Gasteiger partial charge on any atom is 0.309 e. The van der Waals surface area contributed by atoms with Crippen molar-refractivity contribution in [1.82, 2.24) is 0 Å². The van der Waals surface area contributed by atoms with E-state index in [0.29, 0.717) is 24.9 Å². The van der Waals surface area contributed by atoms with E-state index in [1.54, 1.807) is 0 Å². The fraction of sp³-hybridized carbons (Fsp3) is 0.971. The van der Waals surface area contributed by atoms with Gasteiger partial charge in [0.05, 0.1) is 18.1 Å². The topological polar surface area (TPSA) is 87.0 Å². The Kier molecular flexibility index (Phi) is 6.75. The quantitative estimate of drug-likeness (QED) is 0.293. The molecule has 5 aliphatic carbocycles. The number of ether oxygens (including phenoxy) is 1. The highest BCUT2D eigenvalue weighted by Gasteiger charge is 2.76. The molecule has 6 rings (SSSR count). The van der Waals surface area contributed by atoms with E-state index in [-0.39, 0.29) is 38.9 Å². The van der Waals surface area contributed by atoms with Crippen molar-refractivity contribution in [2.75, 3.05) is 6.61 Å². The summed E-state index contributed by atoms with van der Waals surface area (Å²) in [5, 5.41) is 33.5. The van der Waals surface area contributed by atoms with Crippen molar-refractivity contribution in [3.8, 4) is 0 Å². The molecule has 3 N–H and O–H groups in total. The number of carboxylic acid groups (broad SMARTS) is 1. The molecule has 0 aromatic carbocycles. The molecular weight excluding hydrogens is 500 g/mol. The van der Waals surface area contributed by atoms with E-state index >= 15 is 0 Å². The van der Waals surface area contributed by atoms with Gasteiger partial charge in [-0.1, -0.05) is 60.3 Å². The van der Waals surface area contributed by atoms with Crippen molar-refractivity contribution in [1.29, 1.82) is 0 Å². The van der Waals surface area contributed by atoms with Crippen LogP contribution in [0.4, 0.5) is 0 Å². The first kappa shape index (κ1) is 29.4. The fourth-order valence-corrected chi connectivity index (χ4v) is 13.2. The molecular formula is C35H58O5. The first-order valence-corrected chi connectivity index (χ1v) is 16.9. The average molecular weight is 559 g/mol. The highest BCUT2D eigenvalue weighted by Crippen LogP contribution is 2.80. The van der Waals surface area contributed by atoms with Gasteiger partial charge < -0.3 is 20.1 Å². The summed E-state index contributed by atoms with van der Waals surface area (Å²) >= 11 is 0. The van der Waals surface area contributed by atoms with Crippen molar-refractivity contribution in [2.45, 2.75) is 150 Å². The lowest BCUT2D eigenvalue weighted by Crippen LogP contribution is -2.70. The van der Waals surface area contributed by atoms with Crippen LogP contribution in [0, 0.1) is 56.2 Å². The lowest BCUT2D eigenvalue weighted by Gasteiger charge is -2.75. The Balaban J connectivity index is 1.43. The number of carbonyl (C=O) groups is 1. The number of fused-ring (bicyclic) bond motifs is 7. The van der Waals surface area contributed by atoms with E-state index in [2.05, 4.69) is 34.6 Å². The second kappa shape index (κ2) is 9.18. The van der Waals surface area contributed by atoms with Crippen LogP contribution in [-0.4, -0.2) is 39.8 Å². The minimum absolute atomic E-state index is 0.00113. The maximum atomic E-state index is 12.6. The molecule has 228 valence electrons. The lowest BCUT2D eigenvalue weighted by atomic mass is 9.29. The SMILES string of the molecule is CCCCCC[C@@]12CC[C@@]3(C)[C@@H]4[C@H](O)C[C@]5(O)OC[C@@]4(CC[C@@H]3[C@@]1(C)CC[C@@]1(C)CC[C@@](C)(C(=O)O)C[C@H]12)[C@H]5C. The maximum absolute atomic E-state index is 12.6. The molecule has 6 fully saturated rings. The molecule has 1 saturated heterocycles. The van der Waals surface area contributed by atoms with Gasteiger partial charge in [-0.05, 0) is 111 Å². The largest absolute Gasteiger partial charge is 0.481 e. The minimum Gasteiger partial charge on any atom is -0.481 e. The highest BCUT2D eigenvalue weighted by molar-refractivity contribution is 5.74. The molecule has 0 radical (unpaired) electrons. The van der Waals surface area contributed by atoms with E-state index in [0.717, 1.165) is 44.9 Å². The first-order valence-electron chi connectivity index (χ1n) is 16.9. The van der Waals surface area contributed by atoms with Gasteiger partial charge in [0.1, 0.15) is 0 Å². The van der Waals surface area contributed by atoms with Crippen LogP contribution in [-0.2, 0) is 9.53 Å². The van der Waals surface area contributed by atoms with Gasteiger partial charge in [0, 0.05) is 17.8 Å². The zero-order valence-corrected chi connectivity index (χ0v) is 26.4. The smallest absolute Gasteiger partial charge is 0.309 e. The molecule has 5 nitrogen and oxygen atoms in total. The Morgan fingerprint density at radius 2 is 1.62 bits per heavy atom. The Labute approximate surface area is 243 Å². The van der Waals surface area contributed by atoms with Crippen LogP contribution in [0.25, 0.3) is 0 Å². The lowest BCUT2D eigenvalue weighted by molar-refractivity contribution is -0.290. The summed E-state index contributed by atoms with van der Waals surface area (Å²) in [6, 6.07) is 0. The Morgan fingerprint density at radius 1 is 0.900 bits per heavy atom. The molecule has 5 saturated carbocycles. The molecule has 1 heterocycles. The van der Waals surface area contributed by atoms with Crippen molar-refractivity contribution in [3.63, 3.8) is 0 Å². The van der Waals surface area contributed by atoms with Crippen molar-refractivity contribution in [3.05, 3.63) is 0 Å². The van der Waals surface area contributed by atoms with E-state index in [1.807, 2.05) is 6.92 Å². The molecule has 12 atom stereocenters. The second-order valence-corrected chi connectivity index (χ2v) is 17.1. The third-order valence-corrected chi connectivity index (χ3v) is 15.7. The van der Waals surface area contributed by atoms with E-state index < -0.39 is 23.3 Å². The predicted molar refractivity (Wildman–Crippen MR) is 156 cm³/mol. The summed E-state index contributed by atoms with van der Waals surface area (Å²) < 4.78 is 6.13. The molecule has 0 amide bonds. The van der Waals surface area contributed by atoms with Crippen molar-refractivity contribution < 1.29 is 24.9 Å². The zero-order valence-electron chi connectivity index (χ0n) is 26.4. The Morgan fingerprint density at radius 3 is 2.33 bits per heavy atom. The van der Waals surface area contributed by atoms with E-state index in [9.17, 15) is 20.1 Å². The highest BCUT2D eigenvalue weighted by atomic mass is 16.6. The van der Waals surface area contributed by atoms with E-state index in [1.165, 1.54) is 44.9 Å². The number of aliphatic hydroxyl groups is 2. The number of hydrogen-bond acceptors (Lipinski definition) is 4. The van der Waals surface area contributed by atoms with Crippen molar-refractivity contribution in [2.24, 2.45) is 56.2 Å². The van der Waals surface area contributed by atoms with Gasteiger partial charge >= 0.3 is 5.97 Å².